The van der Waals surface area contributed by atoms with Gasteiger partial charge in [-0.1, -0.05) is 0 Å². The molecule has 6 heteroatoms. The molecule has 0 aliphatic heterocycles. The summed E-state index contributed by atoms with van der Waals surface area (Å²) >= 11 is -1.96. The van der Waals surface area contributed by atoms with Gasteiger partial charge in [0.2, 0.25) is 0 Å². The molecule has 0 spiro atoms. The molecule has 3 aromatic rings. The summed E-state index contributed by atoms with van der Waals surface area (Å²) in [5.74, 6) is 0. The van der Waals surface area contributed by atoms with Crippen LogP contribution in [-0.4, -0.2) is 18.2 Å². The number of carbonyl (C=O) groups is 2. The van der Waals surface area contributed by atoms with Crippen LogP contribution in [0.1, 0.15) is 0 Å². The predicted molar refractivity (Wildman–Crippen MR) is 90.8 cm³/mol. The average molecular weight is 572 g/mol. The second kappa shape index (κ2) is 8.63. The molecule has 3 aromatic carbocycles. The Labute approximate surface area is 171 Å². The Bertz CT molecular complexity index is 839. The quantitative estimate of drug-likeness (QED) is 0.291. The Balaban J connectivity index is 1.75. The van der Waals surface area contributed by atoms with Crippen molar-refractivity contribution in [3.8, 4) is 22.3 Å². The monoisotopic (exact) mass is 572 g/mol. The SMILES string of the molecule is O=C(O)[I-]c1ccc(-c2ccc(-c3ccc([I-]C(=O)O)cc3)cc2)cc1. The molecule has 0 aliphatic rings. The van der Waals surface area contributed by atoms with Crippen LogP contribution in [0.2, 0.25) is 0 Å². The third-order valence-electron chi connectivity index (χ3n) is 3.62. The number of halogens is 2. The van der Waals surface area contributed by atoms with Gasteiger partial charge in [-0.2, -0.15) is 0 Å². The summed E-state index contributed by atoms with van der Waals surface area (Å²) < 4.78 is 0.330. The van der Waals surface area contributed by atoms with Gasteiger partial charge in [-0.3, -0.25) is 0 Å². The van der Waals surface area contributed by atoms with E-state index in [0.717, 1.165) is 29.4 Å². The molecule has 26 heavy (non-hydrogen) atoms. The first-order valence-electron chi connectivity index (χ1n) is 7.58. The van der Waals surface area contributed by atoms with Crippen molar-refractivity contribution in [2.24, 2.45) is 0 Å². The molecule has 0 amide bonds. The third kappa shape index (κ3) is 5.04. The van der Waals surface area contributed by atoms with Gasteiger partial charge in [0.05, 0.1) is 0 Å². The summed E-state index contributed by atoms with van der Waals surface area (Å²) in [6.45, 7) is 0. The molecule has 4 nitrogen and oxygen atoms in total. The summed E-state index contributed by atoms with van der Waals surface area (Å²) in [6.07, 6.45) is 0. The van der Waals surface area contributed by atoms with Gasteiger partial charge in [0.1, 0.15) is 0 Å². The number of rotatable bonds is 6. The summed E-state index contributed by atoms with van der Waals surface area (Å²) in [4.78, 5) is 21.6. The summed E-state index contributed by atoms with van der Waals surface area (Å²) in [5, 5.41) is 17.7. The molecule has 0 aromatic heterocycles. The van der Waals surface area contributed by atoms with Gasteiger partial charge in [0.25, 0.3) is 0 Å². The number of hydrogen-bond acceptors (Lipinski definition) is 2. The molecule has 0 unspecified atom stereocenters. The number of benzene rings is 3. The normalized spacial score (nSPS) is 10.8. The average Bonchev–Trinajstić information content (AvgIpc) is 2.62. The molecule has 0 saturated heterocycles. The van der Waals surface area contributed by atoms with Crippen LogP contribution in [0.15, 0.2) is 72.8 Å². The standard InChI is InChI=1S/C20H14I2O4/c23-19(24)21-17-9-5-15(6-10-17)13-1-2-14(4-3-13)16-7-11-18(12-8-16)22-20(25)26/h1-12H,(H,23,24)(H,25,26)/q-2. The van der Waals surface area contributed by atoms with Crippen LogP contribution in [0.4, 0.5) is 9.59 Å². The van der Waals surface area contributed by atoms with E-state index < -0.39 is 50.4 Å². The fraction of sp³-hybridized carbons (Fsp3) is 0. The molecule has 0 bridgehead atoms. The van der Waals surface area contributed by atoms with Gasteiger partial charge in [0.15, 0.2) is 0 Å². The maximum absolute atomic E-state index is 10.8. The molecule has 0 aliphatic carbocycles. The van der Waals surface area contributed by atoms with Crippen LogP contribution in [0, 0.1) is 7.14 Å². The van der Waals surface area contributed by atoms with Gasteiger partial charge >= 0.3 is 172 Å². The Kier molecular flexibility index (Phi) is 6.25. The summed E-state index contributed by atoms with van der Waals surface area (Å²) in [6, 6.07) is 23.5. The topological polar surface area (TPSA) is 74.6 Å². The van der Waals surface area contributed by atoms with E-state index in [-0.39, 0.29) is 0 Å². The van der Waals surface area contributed by atoms with E-state index in [2.05, 4.69) is 0 Å². The van der Waals surface area contributed by atoms with E-state index in [1.165, 1.54) is 0 Å². The zero-order valence-corrected chi connectivity index (χ0v) is 17.7. The molecular formula is C20H14I2O4-2. The molecule has 2 N–H and O–H groups in total. The van der Waals surface area contributed by atoms with Crippen molar-refractivity contribution in [3.05, 3.63) is 79.9 Å². The zero-order chi connectivity index (χ0) is 18.5. The Morgan fingerprint density at radius 2 is 0.731 bits per heavy atom. The molecule has 0 saturated carbocycles. The minimum atomic E-state index is -0.978. The van der Waals surface area contributed by atoms with E-state index in [0.29, 0.717) is 0 Å². The van der Waals surface area contributed by atoms with E-state index in [9.17, 15) is 9.59 Å². The van der Waals surface area contributed by atoms with Gasteiger partial charge in [-0.15, -0.1) is 0 Å². The molecule has 0 heterocycles. The second-order valence-electron chi connectivity index (χ2n) is 5.29. The number of hydrogen-bond donors (Lipinski definition) is 2. The Hall–Kier alpha value is -1.94. The summed E-state index contributed by atoms with van der Waals surface area (Å²) in [7, 11) is 0. The summed E-state index contributed by atoms with van der Waals surface area (Å²) in [5.41, 5.74) is 4.25. The van der Waals surface area contributed by atoms with Crippen molar-refractivity contribution in [1.82, 2.24) is 0 Å². The predicted octanol–water partition coefficient (Wildman–Crippen LogP) is -1.11. The van der Waals surface area contributed by atoms with Crippen LogP contribution in [0.3, 0.4) is 0 Å². The van der Waals surface area contributed by atoms with Crippen molar-refractivity contribution < 1.29 is 62.2 Å². The Morgan fingerprint density at radius 3 is 0.962 bits per heavy atom. The molecular weight excluding hydrogens is 558 g/mol. The van der Waals surface area contributed by atoms with Gasteiger partial charge in [-0.05, 0) is 0 Å². The van der Waals surface area contributed by atoms with Crippen LogP contribution >= 0.6 is 0 Å². The molecule has 134 valence electrons. The van der Waals surface area contributed by atoms with Crippen LogP contribution in [-0.2, 0) is 0 Å². The Morgan fingerprint density at radius 1 is 0.500 bits per heavy atom. The number of carboxylic acid groups (broad SMARTS) is 2. The first-order valence-corrected chi connectivity index (χ1v) is 11.9. The van der Waals surface area contributed by atoms with Crippen LogP contribution in [0.5, 0.6) is 0 Å². The first kappa shape index (κ1) is 18.8. The van der Waals surface area contributed by atoms with E-state index in [1.807, 2.05) is 72.8 Å². The fourth-order valence-corrected chi connectivity index (χ4v) is 4.96. The van der Waals surface area contributed by atoms with E-state index >= 15 is 0 Å². The fourth-order valence-electron chi connectivity index (χ4n) is 2.45. The van der Waals surface area contributed by atoms with E-state index in [1.54, 1.807) is 0 Å². The van der Waals surface area contributed by atoms with Crippen molar-refractivity contribution in [2.75, 3.05) is 0 Å². The first-order chi connectivity index (χ1) is 12.5. The third-order valence-corrected chi connectivity index (χ3v) is 7.23. The molecule has 0 fully saturated rings. The maximum atomic E-state index is 10.8. The molecule has 3 rings (SSSR count). The van der Waals surface area contributed by atoms with Crippen molar-refractivity contribution in [2.45, 2.75) is 0 Å². The molecule has 0 atom stereocenters. The molecule has 0 radical (unpaired) electrons. The minimum absolute atomic E-state index is 0.725. The van der Waals surface area contributed by atoms with Crippen molar-refractivity contribution in [1.29, 1.82) is 0 Å². The van der Waals surface area contributed by atoms with Crippen molar-refractivity contribution in [3.63, 3.8) is 0 Å². The van der Waals surface area contributed by atoms with Crippen molar-refractivity contribution >= 4 is 7.95 Å². The van der Waals surface area contributed by atoms with Gasteiger partial charge in [0, 0.05) is 0 Å². The van der Waals surface area contributed by atoms with E-state index in [4.69, 9.17) is 10.2 Å². The zero-order valence-electron chi connectivity index (χ0n) is 13.4. The van der Waals surface area contributed by atoms with Crippen LogP contribution < -0.4 is 42.4 Å². The second-order valence-corrected chi connectivity index (χ2v) is 10.7. The van der Waals surface area contributed by atoms with Gasteiger partial charge in [-0.25, -0.2) is 0 Å². The van der Waals surface area contributed by atoms with Crippen LogP contribution in [0.25, 0.3) is 22.3 Å². The van der Waals surface area contributed by atoms with Gasteiger partial charge < -0.3 is 0 Å².